The molecule has 5 nitrogen and oxygen atoms in total. The normalized spacial score (nSPS) is 12.5. The third kappa shape index (κ3) is 4.90. The third-order valence-corrected chi connectivity index (χ3v) is 5.84. The third-order valence-electron chi connectivity index (χ3n) is 4.66. The van der Waals surface area contributed by atoms with Gasteiger partial charge in [0.1, 0.15) is 11.9 Å². The lowest BCUT2D eigenvalue weighted by Gasteiger charge is -2.30. The molecule has 2 aromatic rings. The van der Waals surface area contributed by atoms with E-state index in [4.69, 9.17) is 0 Å². The second kappa shape index (κ2) is 9.19. The van der Waals surface area contributed by atoms with E-state index in [0.717, 1.165) is 40.2 Å². The Labute approximate surface area is 166 Å². The quantitative estimate of drug-likeness (QED) is 0.717. The van der Waals surface area contributed by atoms with E-state index in [-0.39, 0.29) is 12.1 Å². The standard InChI is InChI=1S/C21H27FN2O3S/c1-5-15-9-8-10-16(6-2)20(15)23-21(25)19(7-3)24(28(4,26)27)18-13-11-17(22)12-14-18/h8-14,19H,5-7H2,1-4H3,(H,23,25)/t19-/m0/s1. The van der Waals surface area contributed by atoms with Crippen molar-refractivity contribution in [3.8, 4) is 0 Å². The molecule has 152 valence electrons. The second-order valence-corrected chi connectivity index (χ2v) is 8.47. The first-order valence-corrected chi connectivity index (χ1v) is 11.2. The van der Waals surface area contributed by atoms with Crippen molar-refractivity contribution in [2.24, 2.45) is 0 Å². The molecule has 2 aromatic carbocycles. The molecule has 0 fully saturated rings. The smallest absolute Gasteiger partial charge is 0.248 e. The summed E-state index contributed by atoms with van der Waals surface area (Å²) in [6.07, 6.45) is 2.80. The molecule has 1 N–H and O–H groups in total. The number of anilines is 2. The highest BCUT2D eigenvalue weighted by Crippen LogP contribution is 2.26. The number of aryl methyl sites for hydroxylation is 2. The largest absolute Gasteiger partial charge is 0.324 e. The SMILES string of the molecule is CCc1cccc(CC)c1NC(=O)[C@H](CC)N(c1ccc(F)cc1)S(C)(=O)=O. The number of carbonyl (C=O) groups excluding carboxylic acids is 1. The Morgan fingerprint density at radius 3 is 2.00 bits per heavy atom. The van der Waals surface area contributed by atoms with Gasteiger partial charge in [-0.2, -0.15) is 0 Å². The highest BCUT2D eigenvalue weighted by atomic mass is 32.2. The van der Waals surface area contributed by atoms with E-state index in [0.29, 0.717) is 0 Å². The summed E-state index contributed by atoms with van der Waals surface area (Å²) in [7, 11) is -3.76. The van der Waals surface area contributed by atoms with Crippen LogP contribution < -0.4 is 9.62 Å². The van der Waals surface area contributed by atoms with E-state index in [1.165, 1.54) is 24.3 Å². The molecule has 28 heavy (non-hydrogen) atoms. The molecule has 0 spiro atoms. The zero-order valence-electron chi connectivity index (χ0n) is 16.7. The highest BCUT2D eigenvalue weighted by molar-refractivity contribution is 7.92. The molecule has 0 bridgehead atoms. The molecule has 0 aliphatic carbocycles. The monoisotopic (exact) mass is 406 g/mol. The first kappa shape index (κ1) is 21.9. The van der Waals surface area contributed by atoms with Crippen molar-refractivity contribution in [1.29, 1.82) is 0 Å². The topological polar surface area (TPSA) is 66.5 Å². The maximum atomic E-state index is 13.3. The fourth-order valence-electron chi connectivity index (χ4n) is 3.26. The van der Waals surface area contributed by atoms with Crippen LogP contribution in [0.5, 0.6) is 0 Å². The molecule has 0 saturated carbocycles. The van der Waals surface area contributed by atoms with Gasteiger partial charge in [0.25, 0.3) is 0 Å². The van der Waals surface area contributed by atoms with Crippen molar-refractivity contribution in [3.63, 3.8) is 0 Å². The Morgan fingerprint density at radius 1 is 1.04 bits per heavy atom. The van der Waals surface area contributed by atoms with Crippen LogP contribution in [0.2, 0.25) is 0 Å². The number of hydrogen-bond donors (Lipinski definition) is 1. The molecule has 0 aliphatic rings. The second-order valence-electron chi connectivity index (χ2n) is 6.61. The molecular formula is C21H27FN2O3S. The van der Waals surface area contributed by atoms with Crippen LogP contribution in [0, 0.1) is 5.82 Å². The van der Waals surface area contributed by atoms with Gasteiger partial charge in [-0.25, -0.2) is 12.8 Å². The summed E-state index contributed by atoms with van der Waals surface area (Å²) in [6, 6.07) is 9.99. The van der Waals surface area contributed by atoms with E-state index in [2.05, 4.69) is 5.32 Å². The van der Waals surface area contributed by atoms with Gasteiger partial charge in [0, 0.05) is 5.69 Å². The summed E-state index contributed by atoms with van der Waals surface area (Å²) in [5.74, 6) is -0.882. The molecule has 1 atom stereocenters. The minimum atomic E-state index is -3.76. The van der Waals surface area contributed by atoms with Gasteiger partial charge in [-0.15, -0.1) is 0 Å². The molecule has 7 heteroatoms. The molecule has 0 aliphatic heterocycles. The summed E-state index contributed by atoms with van der Waals surface area (Å²) in [6.45, 7) is 5.75. The lowest BCUT2D eigenvalue weighted by molar-refractivity contribution is -0.117. The molecule has 1 amide bonds. The number of hydrogen-bond acceptors (Lipinski definition) is 3. The van der Waals surface area contributed by atoms with Gasteiger partial charge in [-0.05, 0) is 54.7 Å². The van der Waals surface area contributed by atoms with Crippen molar-refractivity contribution in [1.82, 2.24) is 0 Å². The van der Waals surface area contributed by atoms with Gasteiger partial charge in [-0.1, -0.05) is 39.0 Å². The Bertz CT molecular complexity index is 905. The van der Waals surface area contributed by atoms with Crippen LogP contribution >= 0.6 is 0 Å². The number of nitrogens with one attached hydrogen (secondary N) is 1. The summed E-state index contributed by atoms with van der Waals surface area (Å²) < 4.78 is 39.3. The molecule has 0 radical (unpaired) electrons. The number of sulfonamides is 1. The average Bonchev–Trinajstić information content (AvgIpc) is 2.66. The highest BCUT2D eigenvalue weighted by Gasteiger charge is 2.32. The first-order chi connectivity index (χ1) is 13.2. The fraction of sp³-hybridized carbons (Fsp3) is 0.381. The number of nitrogens with zero attached hydrogens (tertiary/aromatic N) is 1. The van der Waals surface area contributed by atoms with Gasteiger partial charge in [0.2, 0.25) is 15.9 Å². The van der Waals surface area contributed by atoms with E-state index in [1.54, 1.807) is 6.92 Å². The van der Waals surface area contributed by atoms with Gasteiger partial charge < -0.3 is 5.32 Å². The Balaban J connectivity index is 2.44. The van der Waals surface area contributed by atoms with Crippen LogP contribution in [0.1, 0.15) is 38.3 Å². The number of rotatable bonds is 8. The summed E-state index contributed by atoms with van der Waals surface area (Å²) in [5, 5.41) is 2.95. The maximum absolute atomic E-state index is 13.3. The first-order valence-electron chi connectivity index (χ1n) is 9.39. The van der Waals surface area contributed by atoms with Gasteiger partial charge in [-0.3, -0.25) is 9.10 Å². The lowest BCUT2D eigenvalue weighted by atomic mass is 10.0. The van der Waals surface area contributed by atoms with Crippen LogP contribution in [-0.4, -0.2) is 26.6 Å². The lowest BCUT2D eigenvalue weighted by Crippen LogP contribution is -2.47. The molecule has 0 aromatic heterocycles. The van der Waals surface area contributed by atoms with Crippen LogP contribution in [0.3, 0.4) is 0 Å². The summed E-state index contributed by atoms with van der Waals surface area (Å²) >= 11 is 0. The fourth-order valence-corrected chi connectivity index (χ4v) is 4.47. The number of para-hydroxylation sites is 1. The van der Waals surface area contributed by atoms with Crippen LogP contribution in [0.15, 0.2) is 42.5 Å². The van der Waals surface area contributed by atoms with Gasteiger partial charge in [0.05, 0.1) is 11.9 Å². The molecule has 0 heterocycles. The van der Waals surface area contributed by atoms with Crippen LogP contribution in [-0.2, 0) is 27.7 Å². The van der Waals surface area contributed by atoms with E-state index in [1.807, 2.05) is 32.0 Å². The Kier molecular flexibility index (Phi) is 7.18. The number of benzene rings is 2. The van der Waals surface area contributed by atoms with Crippen molar-refractivity contribution >= 4 is 27.3 Å². The average molecular weight is 407 g/mol. The van der Waals surface area contributed by atoms with Crippen molar-refractivity contribution in [3.05, 3.63) is 59.4 Å². The van der Waals surface area contributed by atoms with Crippen LogP contribution in [0.4, 0.5) is 15.8 Å². The summed E-state index contributed by atoms with van der Waals surface area (Å²) in [5.41, 5.74) is 2.99. The molecule has 0 saturated heterocycles. The predicted molar refractivity (Wildman–Crippen MR) is 112 cm³/mol. The zero-order valence-corrected chi connectivity index (χ0v) is 17.5. The Morgan fingerprint density at radius 2 is 1.57 bits per heavy atom. The summed E-state index contributed by atoms with van der Waals surface area (Å²) in [4.78, 5) is 13.1. The van der Waals surface area contributed by atoms with E-state index in [9.17, 15) is 17.6 Å². The van der Waals surface area contributed by atoms with Crippen molar-refractivity contribution in [2.45, 2.75) is 46.1 Å². The molecular weight excluding hydrogens is 379 g/mol. The predicted octanol–water partition coefficient (Wildman–Crippen LogP) is 4.13. The van der Waals surface area contributed by atoms with Crippen LogP contribution in [0.25, 0.3) is 0 Å². The zero-order chi connectivity index (χ0) is 20.9. The minimum absolute atomic E-state index is 0.255. The van der Waals surface area contributed by atoms with E-state index < -0.39 is 27.8 Å². The van der Waals surface area contributed by atoms with Gasteiger partial charge >= 0.3 is 0 Å². The Hall–Kier alpha value is -2.41. The minimum Gasteiger partial charge on any atom is -0.324 e. The van der Waals surface area contributed by atoms with Crippen molar-refractivity contribution in [2.75, 3.05) is 15.9 Å². The van der Waals surface area contributed by atoms with Gasteiger partial charge in [0.15, 0.2) is 0 Å². The van der Waals surface area contributed by atoms with E-state index >= 15 is 0 Å². The number of carbonyl (C=O) groups is 1. The number of halogens is 1. The molecule has 0 unspecified atom stereocenters. The van der Waals surface area contributed by atoms with Crippen molar-refractivity contribution < 1.29 is 17.6 Å². The molecule has 2 rings (SSSR count). The number of amides is 1. The maximum Gasteiger partial charge on any atom is 0.248 e.